The number of nitrogens with one attached hydrogen (secondary N) is 1. The molecule has 0 fully saturated rings. The number of amides is 1. The van der Waals surface area contributed by atoms with Gasteiger partial charge >= 0.3 is 5.97 Å². The van der Waals surface area contributed by atoms with Gasteiger partial charge in [-0.2, -0.15) is 5.10 Å². The number of hydrogen-bond acceptors (Lipinski definition) is 5. The van der Waals surface area contributed by atoms with Gasteiger partial charge in [0.1, 0.15) is 12.7 Å². The Labute approximate surface area is 185 Å². The van der Waals surface area contributed by atoms with Crippen LogP contribution in [0.1, 0.15) is 27.0 Å². The van der Waals surface area contributed by atoms with Crippen LogP contribution in [-0.4, -0.2) is 33.2 Å². The summed E-state index contributed by atoms with van der Waals surface area (Å²) in [6.07, 6.45) is 3.79. The molecular formula is C25H22N4O3. The average molecular weight is 426 g/mol. The zero-order valence-electron chi connectivity index (χ0n) is 17.3. The van der Waals surface area contributed by atoms with E-state index in [-0.39, 0.29) is 12.5 Å². The normalized spacial score (nSPS) is 10.5. The molecule has 0 saturated carbocycles. The molecule has 1 heterocycles. The van der Waals surface area contributed by atoms with E-state index in [1.54, 1.807) is 23.1 Å². The molecule has 0 unspecified atom stereocenters. The molecule has 0 saturated heterocycles. The minimum atomic E-state index is -0.551. The molecule has 7 nitrogen and oxygen atoms in total. The van der Waals surface area contributed by atoms with E-state index < -0.39 is 5.97 Å². The van der Waals surface area contributed by atoms with Gasteiger partial charge in [0.15, 0.2) is 6.61 Å². The molecule has 0 bridgehead atoms. The van der Waals surface area contributed by atoms with Crippen LogP contribution < -0.4 is 5.32 Å². The van der Waals surface area contributed by atoms with Crippen molar-refractivity contribution in [3.05, 3.63) is 114 Å². The molecule has 0 aliphatic heterocycles. The van der Waals surface area contributed by atoms with Crippen molar-refractivity contribution in [2.24, 2.45) is 0 Å². The third kappa shape index (κ3) is 5.66. The molecule has 3 aromatic carbocycles. The van der Waals surface area contributed by atoms with Crippen molar-refractivity contribution in [1.82, 2.24) is 14.8 Å². The summed E-state index contributed by atoms with van der Waals surface area (Å²) >= 11 is 0. The second-order valence-electron chi connectivity index (χ2n) is 7.23. The molecule has 0 aliphatic carbocycles. The van der Waals surface area contributed by atoms with E-state index in [4.69, 9.17) is 4.74 Å². The number of anilines is 1. The molecule has 1 N–H and O–H groups in total. The molecule has 160 valence electrons. The highest BCUT2D eigenvalue weighted by molar-refractivity contribution is 5.96. The fourth-order valence-corrected chi connectivity index (χ4v) is 3.26. The van der Waals surface area contributed by atoms with Crippen LogP contribution in [0.25, 0.3) is 0 Å². The molecule has 7 heteroatoms. The largest absolute Gasteiger partial charge is 0.452 e. The average Bonchev–Trinajstić information content (AvgIpc) is 3.33. The van der Waals surface area contributed by atoms with Crippen LogP contribution >= 0.6 is 0 Å². The predicted octanol–water partition coefficient (Wildman–Crippen LogP) is 3.71. The topological polar surface area (TPSA) is 86.1 Å². The quantitative estimate of drug-likeness (QED) is 0.434. The van der Waals surface area contributed by atoms with Gasteiger partial charge in [0.2, 0.25) is 0 Å². The molecule has 32 heavy (non-hydrogen) atoms. The molecular weight excluding hydrogens is 404 g/mol. The smallest absolute Gasteiger partial charge is 0.338 e. The third-order valence-electron chi connectivity index (χ3n) is 4.86. The van der Waals surface area contributed by atoms with Crippen LogP contribution in [-0.2, 0) is 22.5 Å². The summed E-state index contributed by atoms with van der Waals surface area (Å²) in [5.74, 6) is -0.938. The summed E-state index contributed by atoms with van der Waals surface area (Å²) in [4.78, 5) is 28.6. The first kappa shape index (κ1) is 21.0. The minimum Gasteiger partial charge on any atom is -0.452 e. The Bertz CT molecular complexity index is 1170. The molecule has 4 rings (SSSR count). The summed E-state index contributed by atoms with van der Waals surface area (Å²) in [5.41, 5.74) is 4.19. The number of carbonyl (C=O) groups is 2. The van der Waals surface area contributed by atoms with Crippen LogP contribution in [0.3, 0.4) is 0 Å². The lowest BCUT2D eigenvalue weighted by atomic mass is 10.0. The van der Waals surface area contributed by atoms with E-state index in [1.807, 2.05) is 66.7 Å². The number of rotatable bonds is 8. The summed E-state index contributed by atoms with van der Waals surface area (Å²) in [6, 6.07) is 24.6. The number of esters is 1. The summed E-state index contributed by atoms with van der Waals surface area (Å²) in [5, 5.41) is 6.89. The van der Waals surface area contributed by atoms with Gasteiger partial charge in [-0.1, -0.05) is 60.7 Å². The lowest BCUT2D eigenvalue weighted by Crippen LogP contribution is -2.21. The van der Waals surface area contributed by atoms with Crippen molar-refractivity contribution >= 4 is 17.6 Å². The summed E-state index contributed by atoms with van der Waals surface area (Å²) in [6.45, 7) is 0.194. The molecule has 1 aromatic heterocycles. The number of aromatic nitrogens is 3. The highest BCUT2D eigenvalue weighted by Crippen LogP contribution is 2.19. The number of hydrogen-bond donors (Lipinski definition) is 1. The van der Waals surface area contributed by atoms with E-state index in [0.717, 1.165) is 16.7 Å². The van der Waals surface area contributed by atoms with Crippen LogP contribution in [0.15, 0.2) is 91.5 Å². The molecule has 0 spiro atoms. The number of ether oxygens (including phenoxy) is 1. The van der Waals surface area contributed by atoms with Crippen LogP contribution in [0.2, 0.25) is 0 Å². The Morgan fingerprint density at radius 3 is 2.38 bits per heavy atom. The second kappa shape index (κ2) is 10.2. The van der Waals surface area contributed by atoms with Gasteiger partial charge in [-0.15, -0.1) is 0 Å². The maximum Gasteiger partial charge on any atom is 0.338 e. The van der Waals surface area contributed by atoms with Gasteiger partial charge in [0.05, 0.1) is 12.1 Å². The first-order valence-electron chi connectivity index (χ1n) is 10.2. The number of para-hydroxylation sites is 1. The van der Waals surface area contributed by atoms with Crippen molar-refractivity contribution in [3.8, 4) is 0 Å². The lowest BCUT2D eigenvalue weighted by Gasteiger charge is -2.12. The van der Waals surface area contributed by atoms with E-state index >= 15 is 0 Å². The maximum absolute atomic E-state index is 12.4. The van der Waals surface area contributed by atoms with E-state index in [2.05, 4.69) is 15.4 Å². The van der Waals surface area contributed by atoms with Gasteiger partial charge in [-0.05, 0) is 41.3 Å². The SMILES string of the molecule is O=C(COC(=O)c1ccc(Cn2cncn2)cc1)Nc1ccccc1Cc1ccccc1. The van der Waals surface area contributed by atoms with E-state index in [9.17, 15) is 9.59 Å². The Balaban J connectivity index is 1.31. The Hall–Kier alpha value is -4.26. The Morgan fingerprint density at radius 1 is 0.875 bits per heavy atom. The predicted molar refractivity (Wildman–Crippen MR) is 120 cm³/mol. The van der Waals surface area contributed by atoms with Crippen LogP contribution in [0, 0.1) is 0 Å². The van der Waals surface area contributed by atoms with E-state index in [0.29, 0.717) is 24.2 Å². The number of benzene rings is 3. The molecule has 1 amide bonds. The Morgan fingerprint density at radius 2 is 1.62 bits per heavy atom. The van der Waals surface area contributed by atoms with Crippen molar-refractivity contribution in [1.29, 1.82) is 0 Å². The van der Waals surface area contributed by atoms with Crippen LogP contribution in [0.5, 0.6) is 0 Å². The highest BCUT2D eigenvalue weighted by atomic mass is 16.5. The first-order chi connectivity index (χ1) is 15.7. The molecule has 0 radical (unpaired) electrons. The maximum atomic E-state index is 12.4. The zero-order valence-corrected chi connectivity index (χ0v) is 17.3. The number of nitrogens with zero attached hydrogens (tertiary/aromatic N) is 3. The van der Waals surface area contributed by atoms with Crippen molar-refractivity contribution < 1.29 is 14.3 Å². The molecule has 0 aliphatic rings. The van der Waals surface area contributed by atoms with Gasteiger partial charge in [0.25, 0.3) is 5.91 Å². The van der Waals surface area contributed by atoms with Gasteiger partial charge in [-0.25, -0.2) is 14.5 Å². The molecule has 0 atom stereocenters. The fourth-order valence-electron chi connectivity index (χ4n) is 3.26. The van der Waals surface area contributed by atoms with Crippen molar-refractivity contribution in [3.63, 3.8) is 0 Å². The standard InChI is InChI=1S/C25H22N4O3/c30-24(28-23-9-5-4-8-22(23)14-19-6-2-1-3-7-19)16-32-25(31)21-12-10-20(11-13-21)15-29-18-26-17-27-29/h1-13,17-18H,14-16H2,(H,28,30). The fraction of sp³-hybridized carbons (Fsp3) is 0.120. The second-order valence-corrected chi connectivity index (χ2v) is 7.23. The van der Waals surface area contributed by atoms with Gasteiger partial charge in [0, 0.05) is 5.69 Å². The molecule has 4 aromatic rings. The zero-order chi connectivity index (χ0) is 22.2. The van der Waals surface area contributed by atoms with Crippen LogP contribution in [0.4, 0.5) is 5.69 Å². The van der Waals surface area contributed by atoms with Gasteiger partial charge < -0.3 is 10.1 Å². The lowest BCUT2D eigenvalue weighted by molar-refractivity contribution is -0.119. The van der Waals surface area contributed by atoms with Crippen molar-refractivity contribution in [2.45, 2.75) is 13.0 Å². The van der Waals surface area contributed by atoms with E-state index in [1.165, 1.54) is 6.33 Å². The minimum absolute atomic E-state index is 0.362. The summed E-state index contributed by atoms with van der Waals surface area (Å²) in [7, 11) is 0. The Kier molecular flexibility index (Phi) is 6.67. The van der Waals surface area contributed by atoms with Gasteiger partial charge in [-0.3, -0.25) is 4.79 Å². The summed E-state index contributed by atoms with van der Waals surface area (Å²) < 4.78 is 6.88. The number of carbonyl (C=O) groups excluding carboxylic acids is 2. The van der Waals surface area contributed by atoms with Crippen molar-refractivity contribution in [2.75, 3.05) is 11.9 Å². The first-order valence-corrected chi connectivity index (χ1v) is 10.2. The third-order valence-corrected chi connectivity index (χ3v) is 4.86. The highest BCUT2D eigenvalue weighted by Gasteiger charge is 2.12. The monoisotopic (exact) mass is 426 g/mol.